The summed E-state index contributed by atoms with van der Waals surface area (Å²) in [6.45, 7) is 1.85. The van der Waals surface area contributed by atoms with E-state index in [0.29, 0.717) is 23.6 Å². The topological polar surface area (TPSA) is 86.8 Å². The molecular weight excluding hydrogens is 581 g/mol. The minimum Gasteiger partial charge on any atom is -0.354 e. The number of hydrogen-bond donors (Lipinski definition) is 1. The molecule has 7 nitrogen and oxygen atoms in total. The number of benzene rings is 3. The molecule has 1 atom stereocenters. The van der Waals surface area contributed by atoms with E-state index in [1.54, 1.807) is 24.3 Å². The average Bonchev–Trinajstić information content (AvgIpc) is 2.89. The molecule has 0 saturated carbocycles. The summed E-state index contributed by atoms with van der Waals surface area (Å²) in [5.74, 6) is -0.907. The summed E-state index contributed by atoms with van der Waals surface area (Å²) < 4.78 is 26.6. The van der Waals surface area contributed by atoms with Gasteiger partial charge in [-0.05, 0) is 47.9 Å². The molecule has 3 rings (SSSR count). The molecule has 0 aliphatic heterocycles. The molecule has 0 aromatic heterocycles. The fourth-order valence-corrected chi connectivity index (χ4v) is 5.35. The van der Waals surface area contributed by atoms with Gasteiger partial charge >= 0.3 is 0 Å². The van der Waals surface area contributed by atoms with Crippen LogP contribution in [0, 0.1) is 0 Å². The number of anilines is 1. The summed E-state index contributed by atoms with van der Waals surface area (Å²) in [7, 11) is -3.91. The second-order valence-electron chi connectivity index (χ2n) is 9.02. The Morgan fingerprint density at radius 2 is 1.59 bits per heavy atom. The first-order valence-corrected chi connectivity index (χ1v) is 15.3. The van der Waals surface area contributed by atoms with Crippen LogP contribution in [-0.4, -0.2) is 50.5 Å². The molecule has 0 heterocycles. The normalized spacial score (nSPS) is 12.0. The lowest BCUT2D eigenvalue weighted by atomic mass is 10.0. The largest absolute Gasteiger partial charge is 0.354 e. The Bertz CT molecular complexity index is 1400. The first-order chi connectivity index (χ1) is 18.5. The SMILES string of the molecule is CCCNC(=O)[C@@H](Cc1ccccc1)N(Cc1cccc(Cl)c1)C(=O)CN(c1ccc(Cl)c(Cl)c1)S(C)(=O)=O. The molecule has 0 unspecified atom stereocenters. The molecule has 0 radical (unpaired) electrons. The third kappa shape index (κ3) is 8.86. The number of halogens is 3. The summed E-state index contributed by atoms with van der Waals surface area (Å²) in [5.41, 5.74) is 1.72. The van der Waals surface area contributed by atoms with Crippen LogP contribution in [0.15, 0.2) is 72.8 Å². The number of carbonyl (C=O) groups is 2. The molecule has 3 aromatic carbocycles. The molecule has 0 aliphatic rings. The molecule has 0 bridgehead atoms. The second kappa shape index (κ2) is 14.0. The molecule has 0 fully saturated rings. The van der Waals surface area contributed by atoms with Gasteiger partial charge in [0, 0.05) is 24.5 Å². The zero-order valence-electron chi connectivity index (χ0n) is 21.6. The van der Waals surface area contributed by atoms with Gasteiger partial charge in [0.2, 0.25) is 21.8 Å². The van der Waals surface area contributed by atoms with Gasteiger partial charge in [-0.1, -0.05) is 84.2 Å². The number of hydrogen-bond acceptors (Lipinski definition) is 4. The van der Waals surface area contributed by atoms with E-state index in [4.69, 9.17) is 34.8 Å². The van der Waals surface area contributed by atoms with Gasteiger partial charge in [0.25, 0.3) is 0 Å². The van der Waals surface area contributed by atoms with E-state index in [1.807, 2.05) is 37.3 Å². The van der Waals surface area contributed by atoms with E-state index in [9.17, 15) is 18.0 Å². The molecule has 0 aliphatic carbocycles. The van der Waals surface area contributed by atoms with E-state index in [2.05, 4.69) is 5.32 Å². The lowest BCUT2D eigenvalue weighted by molar-refractivity contribution is -0.140. The lowest BCUT2D eigenvalue weighted by Gasteiger charge is -2.33. The molecule has 1 N–H and O–H groups in total. The van der Waals surface area contributed by atoms with Crippen molar-refractivity contribution in [3.63, 3.8) is 0 Å². The fourth-order valence-electron chi connectivity index (χ4n) is 4.01. The Hall–Kier alpha value is -2.78. The van der Waals surface area contributed by atoms with Crippen LogP contribution in [0.25, 0.3) is 0 Å². The van der Waals surface area contributed by atoms with Gasteiger partial charge in [-0.2, -0.15) is 0 Å². The monoisotopic (exact) mass is 609 g/mol. The first kappa shape index (κ1) is 30.8. The van der Waals surface area contributed by atoms with Gasteiger partial charge in [0.15, 0.2) is 0 Å². The van der Waals surface area contributed by atoms with Gasteiger partial charge in [0.1, 0.15) is 12.6 Å². The van der Waals surface area contributed by atoms with Crippen molar-refractivity contribution in [2.45, 2.75) is 32.4 Å². The minimum atomic E-state index is -3.91. The predicted molar refractivity (Wildman–Crippen MR) is 158 cm³/mol. The highest BCUT2D eigenvalue weighted by Gasteiger charge is 2.33. The summed E-state index contributed by atoms with van der Waals surface area (Å²) >= 11 is 18.4. The second-order valence-corrected chi connectivity index (χ2v) is 12.2. The molecule has 0 spiro atoms. The summed E-state index contributed by atoms with van der Waals surface area (Å²) in [6, 6.07) is 19.7. The molecule has 0 saturated heterocycles. The van der Waals surface area contributed by atoms with Crippen molar-refractivity contribution in [1.29, 1.82) is 0 Å². The summed E-state index contributed by atoms with van der Waals surface area (Å²) in [6.07, 6.45) is 1.94. The minimum absolute atomic E-state index is 0.0371. The van der Waals surface area contributed by atoms with Gasteiger partial charge in [-0.15, -0.1) is 0 Å². The van der Waals surface area contributed by atoms with Crippen molar-refractivity contribution < 1.29 is 18.0 Å². The van der Waals surface area contributed by atoms with E-state index < -0.39 is 28.5 Å². The maximum absolute atomic E-state index is 14.0. The van der Waals surface area contributed by atoms with Gasteiger partial charge in [-0.25, -0.2) is 8.42 Å². The Balaban J connectivity index is 2.05. The van der Waals surface area contributed by atoms with Crippen molar-refractivity contribution >= 4 is 62.3 Å². The van der Waals surface area contributed by atoms with E-state index >= 15 is 0 Å². The Labute approximate surface area is 244 Å². The zero-order valence-corrected chi connectivity index (χ0v) is 24.7. The van der Waals surface area contributed by atoms with Crippen LogP contribution in [0.5, 0.6) is 0 Å². The van der Waals surface area contributed by atoms with Crippen molar-refractivity contribution in [2.75, 3.05) is 23.7 Å². The third-order valence-electron chi connectivity index (χ3n) is 5.93. The number of sulfonamides is 1. The van der Waals surface area contributed by atoms with Gasteiger partial charge in [-0.3, -0.25) is 13.9 Å². The van der Waals surface area contributed by atoms with E-state index in [0.717, 1.165) is 16.1 Å². The van der Waals surface area contributed by atoms with Crippen LogP contribution in [0.2, 0.25) is 15.1 Å². The fraction of sp³-hybridized carbons (Fsp3) is 0.286. The molecule has 11 heteroatoms. The number of amides is 2. The maximum Gasteiger partial charge on any atom is 0.244 e. The summed E-state index contributed by atoms with van der Waals surface area (Å²) in [5, 5.41) is 3.76. The van der Waals surface area contributed by atoms with E-state index in [-0.39, 0.29) is 34.6 Å². The van der Waals surface area contributed by atoms with Crippen LogP contribution in [0.4, 0.5) is 5.69 Å². The van der Waals surface area contributed by atoms with Crippen molar-refractivity contribution in [1.82, 2.24) is 10.2 Å². The van der Waals surface area contributed by atoms with Crippen LogP contribution in [0.1, 0.15) is 24.5 Å². The predicted octanol–water partition coefficient (Wildman–Crippen LogP) is 5.58. The number of rotatable bonds is 12. The van der Waals surface area contributed by atoms with Gasteiger partial charge in [0.05, 0.1) is 22.0 Å². The highest BCUT2D eigenvalue weighted by Crippen LogP contribution is 2.29. The smallest absolute Gasteiger partial charge is 0.244 e. The number of carbonyl (C=O) groups excluding carboxylic acids is 2. The molecule has 208 valence electrons. The van der Waals surface area contributed by atoms with Gasteiger partial charge < -0.3 is 10.2 Å². The molecule has 2 amide bonds. The van der Waals surface area contributed by atoms with Crippen LogP contribution < -0.4 is 9.62 Å². The third-order valence-corrected chi connectivity index (χ3v) is 8.05. The van der Waals surface area contributed by atoms with Crippen LogP contribution in [-0.2, 0) is 32.6 Å². The standard InChI is InChI=1S/C28H30Cl3N3O4S/c1-3-14-32-28(36)26(16-20-8-5-4-6-9-20)33(18-21-10-7-11-22(29)15-21)27(35)19-34(39(2,37)38)23-12-13-24(30)25(31)17-23/h4-13,15,17,26H,3,14,16,18-19H2,1-2H3,(H,32,36)/t26-/m1/s1. The molecular formula is C28H30Cl3N3O4S. The number of nitrogens with zero attached hydrogens (tertiary/aromatic N) is 2. The quantitative estimate of drug-likeness (QED) is 0.290. The highest BCUT2D eigenvalue weighted by atomic mass is 35.5. The van der Waals surface area contributed by atoms with Crippen molar-refractivity contribution in [2.24, 2.45) is 0 Å². The van der Waals surface area contributed by atoms with Crippen molar-refractivity contribution in [3.05, 3.63) is 99.0 Å². The Kier molecular flexibility index (Phi) is 11.1. The first-order valence-electron chi connectivity index (χ1n) is 12.3. The average molecular weight is 611 g/mol. The number of nitrogens with one attached hydrogen (secondary N) is 1. The van der Waals surface area contributed by atoms with Crippen molar-refractivity contribution in [3.8, 4) is 0 Å². The van der Waals surface area contributed by atoms with Crippen LogP contribution in [0.3, 0.4) is 0 Å². The molecule has 3 aromatic rings. The maximum atomic E-state index is 14.0. The lowest BCUT2D eigenvalue weighted by Crippen LogP contribution is -2.53. The van der Waals surface area contributed by atoms with E-state index in [1.165, 1.54) is 23.1 Å². The highest BCUT2D eigenvalue weighted by molar-refractivity contribution is 7.92. The zero-order chi connectivity index (χ0) is 28.6. The van der Waals surface area contributed by atoms with Crippen LogP contribution >= 0.6 is 34.8 Å². The Morgan fingerprint density at radius 1 is 0.897 bits per heavy atom. The Morgan fingerprint density at radius 3 is 2.21 bits per heavy atom. The molecule has 39 heavy (non-hydrogen) atoms. The summed E-state index contributed by atoms with van der Waals surface area (Å²) in [4.78, 5) is 28.8.